The first-order chi connectivity index (χ1) is 14.3. The minimum Gasteiger partial charge on any atom is -0.382 e. The zero-order chi connectivity index (χ0) is 22.3. The van der Waals surface area contributed by atoms with Crippen LogP contribution in [0.15, 0.2) is 60.7 Å². The second-order valence-electron chi connectivity index (χ2n) is 7.39. The third-order valence-electron chi connectivity index (χ3n) is 5.75. The summed E-state index contributed by atoms with van der Waals surface area (Å²) in [6, 6.07) is 17.8. The lowest BCUT2D eigenvalue weighted by Crippen LogP contribution is -2.55. The number of Topliss-reactive ketones (excluding diaryl/α,β-unsaturated/α-hetero) is 1. The molecule has 0 aliphatic rings. The van der Waals surface area contributed by atoms with Crippen LogP contribution < -0.4 is 0 Å². The van der Waals surface area contributed by atoms with E-state index in [0.29, 0.717) is 24.0 Å². The highest BCUT2D eigenvalue weighted by atomic mass is 31.2. The molecule has 0 amide bonds. The minimum absolute atomic E-state index is 0.104. The van der Waals surface area contributed by atoms with Crippen LogP contribution in [0, 0.1) is 5.41 Å². The van der Waals surface area contributed by atoms with Crippen LogP contribution >= 0.6 is 7.60 Å². The van der Waals surface area contributed by atoms with Gasteiger partial charge < -0.3 is 19.3 Å². The Bertz CT molecular complexity index is 845. The molecule has 164 valence electrons. The van der Waals surface area contributed by atoms with Crippen molar-refractivity contribution in [3.63, 3.8) is 0 Å². The van der Waals surface area contributed by atoms with Crippen molar-refractivity contribution < 1.29 is 28.6 Å². The van der Waals surface area contributed by atoms with Crippen molar-refractivity contribution in [2.24, 2.45) is 5.41 Å². The first-order valence-electron chi connectivity index (χ1n) is 10.1. The first kappa shape index (κ1) is 24.4. The molecule has 0 fully saturated rings. The van der Waals surface area contributed by atoms with E-state index in [1.807, 2.05) is 26.0 Å². The number of benzene rings is 2. The summed E-state index contributed by atoms with van der Waals surface area (Å²) in [7, 11) is -2.93. The number of methoxy groups -OCH3 is 1. The molecule has 30 heavy (non-hydrogen) atoms. The van der Waals surface area contributed by atoms with Gasteiger partial charge in [-0.15, -0.1) is 0 Å². The highest BCUT2D eigenvalue weighted by molar-refractivity contribution is 7.51. The number of rotatable bonds is 12. The Hall–Kier alpha value is -1.82. The van der Waals surface area contributed by atoms with Crippen molar-refractivity contribution in [3.05, 3.63) is 71.8 Å². The fraction of sp³-hybridized carbons (Fsp3) is 0.435. The van der Waals surface area contributed by atoms with Crippen LogP contribution in [0.1, 0.15) is 42.6 Å². The van der Waals surface area contributed by atoms with Gasteiger partial charge >= 0.3 is 7.60 Å². The van der Waals surface area contributed by atoms with Gasteiger partial charge in [-0.2, -0.15) is 0 Å². The minimum atomic E-state index is -4.47. The van der Waals surface area contributed by atoms with Crippen molar-refractivity contribution in [2.45, 2.75) is 32.3 Å². The second-order valence-corrected chi connectivity index (χ2v) is 9.04. The maximum absolute atomic E-state index is 14.1. The van der Waals surface area contributed by atoms with E-state index in [-0.39, 0.29) is 19.0 Å². The number of carbonyl (C=O) groups is 1. The van der Waals surface area contributed by atoms with Gasteiger partial charge in [0.05, 0.1) is 19.4 Å². The SMILES string of the molecule is CCC(CC)(CP(=O)(O)O)C(OCCOC)(C(=O)c1ccccc1)c1ccccc1. The fourth-order valence-electron chi connectivity index (χ4n) is 4.20. The zero-order valence-corrected chi connectivity index (χ0v) is 18.7. The summed E-state index contributed by atoms with van der Waals surface area (Å²) in [6.45, 7) is 4.03. The summed E-state index contributed by atoms with van der Waals surface area (Å²) in [5.41, 5.74) is -1.71. The molecule has 2 aromatic rings. The molecule has 0 heterocycles. The van der Waals surface area contributed by atoms with Crippen molar-refractivity contribution in [3.8, 4) is 0 Å². The van der Waals surface area contributed by atoms with Gasteiger partial charge in [-0.25, -0.2) is 0 Å². The van der Waals surface area contributed by atoms with Crippen LogP contribution in [0.4, 0.5) is 0 Å². The molecule has 7 heteroatoms. The van der Waals surface area contributed by atoms with Gasteiger partial charge in [-0.3, -0.25) is 9.36 Å². The van der Waals surface area contributed by atoms with Crippen LogP contribution in [-0.4, -0.2) is 42.1 Å². The maximum Gasteiger partial charge on any atom is 0.326 e. The van der Waals surface area contributed by atoms with Crippen molar-refractivity contribution in [1.82, 2.24) is 0 Å². The van der Waals surface area contributed by atoms with Crippen molar-refractivity contribution >= 4 is 13.4 Å². The number of hydrogen-bond acceptors (Lipinski definition) is 4. The molecule has 2 rings (SSSR count). The molecule has 0 aromatic heterocycles. The number of ketones is 1. The molecule has 0 bridgehead atoms. The topological polar surface area (TPSA) is 93.1 Å². The summed E-state index contributed by atoms with van der Waals surface area (Å²) >= 11 is 0. The third kappa shape index (κ3) is 5.08. The Kier molecular flexibility index (Phi) is 8.53. The third-order valence-corrected chi connectivity index (χ3v) is 6.77. The molecule has 0 saturated heterocycles. The zero-order valence-electron chi connectivity index (χ0n) is 17.8. The van der Waals surface area contributed by atoms with Gasteiger partial charge in [0.25, 0.3) is 0 Å². The Labute approximate surface area is 178 Å². The molecule has 0 aliphatic carbocycles. The highest BCUT2D eigenvalue weighted by Gasteiger charge is 2.58. The van der Waals surface area contributed by atoms with E-state index in [0.717, 1.165) is 0 Å². The average molecular weight is 434 g/mol. The molecular weight excluding hydrogens is 403 g/mol. The van der Waals surface area contributed by atoms with Crippen LogP contribution in [0.2, 0.25) is 0 Å². The monoisotopic (exact) mass is 434 g/mol. The van der Waals surface area contributed by atoms with Gasteiger partial charge in [0.15, 0.2) is 11.4 Å². The van der Waals surface area contributed by atoms with Crippen molar-refractivity contribution in [1.29, 1.82) is 0 Å². The fourth-order valence-corrected chi connectivity index (χ4v) is 5.66. The standard InChI is InChI=1S/C23H31O6P/c1-4-22(5-2,18-30(25,26)27)23(29-17-16-28-3,20-14-10-7-11-15-20)21(24)19-12-8-6-9-13-19/h6-15H,4-5,16-18H2,1-3H3,(H2,25,26,27). The van der Waals surface area contributed by atoms with Crippen molar-refractivity contribution in [2.75, 3.05) is 26.5 Å². The summed E-state index contributed by atoms with van der Waals surface area (Å²) in [6.07, 6.45) is 0.220. The molecule has 0 radical (unpaired) electrons. The van der Waals surface area contributed by atoms with Crippen LogP contribution in [0.5, 0.6) is 0 Å². The average Bonchev–Trinajstić information content (AvgIpc) is 2.75. The summed E-state index contributed by atoms with van der Waals surface area (Å²) in [4.78, 5) is 34.0. The van der Waals surface area contributed by atoms with E-state index in [4.69, 9.17) is 9.47 Å². The van der Waals surface area contributed by atoms with E-state index >= 15 is 0 Å². The van der Waals surface area contributed by atoms with E-state index in [1.54, 1.807) is 48.5 Å². The Morgan fingerprint density at radius 2 is 1.47 bits per heavy atom. The van der Waals surface area contributed by atoms with Gasteiger partial charge in [-0.1, -0.05) is 74.5 Å². The second kappa shape index (κ2) is 10.5. The predicted molar refractivity (Wildman–Crippen MR) is 117 cm³/mol. The van der Waals surface area contributed by atoms with Gasteiger partial charge in [0.1, 0.15) is 0 Å². The smallest absolute Gasteiger partial charge is 0.326 e. The quantitative estimate of drug-likeness (QED) is 0.292. The lowest BCUT2D eigenvalue weighted by molar-refractivity contribution is -0.118. The first-order valence-corrected chi connectivity index (χ1v) is 11.9. The van der Waals surface area contributed by atoms with Gasteiger partial charge in [0, 0.05) is 18.1 Å². The van der Waals surface area contributed by atoms with E-state index in [1.165, 1.54) is 7.11 Å². The van der Waals surface area contributed by atoms with Crippen LogP contribution in [0.3, 0.4) is 0 Å². The van der Waals surface area contributed by atoms with Crippen LogP contribution in [0.25, 0.3) is 0 Å². The van der Waals surface area contributed by atoms with Gasteiger partial charge in [-0.05, 0) is 18.4 Å². The Morgan fingerprint density at radius 1 is 0.933 bits per heavy atom. The molecule has 0 saturated carbocycles. The lowest BCUT2D eigenvalue weighted by Gasteiger charge is -2.49. The molecule has 2 N–H and O–H groups in total. The molecule has 1 unspecified atom stereocenters. The highest BCUT2D eigenvalue weighted by Crippen LogP contribution is 2.56. The van der Waals surface area contributed by atoms with Gasteiger partial charge in [0.2, 0.25) is 0 Å². The Balaban J connectivity index is 2.84. The molecule has 0 aliphatic heterocycles. The number of hydrogen-bond donors (Lipinski definition) is 2. The van der Waals surface area contributed by atoms with E-state index < -0.39 is 24.8 Å². The maximum atomic E-state index is 14.1. The molecule has 2 aromatic carbocycles. The van der Waals surface area contributed by atoms with Crippen LogP contribution in [-0.2, 0) is 19.6 Å². The molecule has 1 atom stereocenters. The summed E-state index contributed by atoms with van der Waals surface area (Å²) < 4.78 is 23.7. The lowest BCUT2D eigenvalue weighted by atomic mass is 9.63. The largest absolute Gasteiger partial charge is 0.382 e. The predicted octanol–water partition coefficient (Wildman–Crippen LogP) is 4.41. The summed E-state index contributed by atoms with van der Waals surface area (Å²) in [5.74, 6) is -0.317. The number of carbonyl (C=O) groups excluding carboxylic acids is 1. The number of ether oxygens (including phenoxy) is 2. The Morgan fingerprint density at radius 3 is 1.93 bits per heavy atom. The van der Waals surface area contributed by atoms with E-state index in [2.05, 4.69) is 0 Å². The molecular formula is C23H31O6P. The van der Waals surface area contributed by atoms with E-state index in [9.17, 15) is 19.1 Å². The molecule has 6 nitrogen and oxygen atoms in total. The normalized spacial score (nSPS) is 14.3. The summed E-state index contributed by atoms with van der Waals surface area (Å²) in [5, 5.41) is 0. The molecule has 0 spiro atoms.